The van der Waals surface area contributed by atoms with Gasteiger partial charge in [-0.15, -0.1) is 0 Å². The van der Waals surface area contributed by atoms with Gasteiger partial charge in [0, 0.05) is 19.3 Å². The zero-order chi connectivity index (χ0) is 49.3. The summed E-state index contributed by atoms with van der Waals surface area (Å²) >= 11 is 0. The summed E-state index contributed by atoms with van der Waals surface area (Å²) in [5.74, 6) is -0.914. The number of rotatable bonds is 51. The average Bonchev–Trinajstić information content (AvgIpc) is 3.34. The van der Waals surface area contributed by atoms with E-state index in [0.29, 0.717) is 19.3 Å². The highest BCUT2D eigenvalue weighted by atomic mass is 16.6. The number of allylic oxidation sites excluding steroid dienone is 14. The highest BCUT2D eigenvalue weighted by Gasteiger charge is 2.19. The van der Waals surface area contributed by atoms with Crippen LogP contribution < -0.4 is 0 Å². The van der Waals surface area contributed by atoms with Gasteiger partial charge in [-0.25, -0.2) is 0 Å². The Balaban J connectivity index is 4.39. The van der Waals surface area contributed by atoms with Gasteiger partial charge in [0.05, 0.1) is 0 Å². The quantitative estimate of drug-likeness (QED) is 0.0262. The van der Waals surface area contributed by atoms with Crippen molar-refractivity contribution in [3.63, 3.8) is 0 Å². The van der Waals surface area contributed by atoms with E-state index >= 15 is 0 Å². The van der Waals surface area contributed by atoms with Crippen LogP contribution in [0.4, 0.5) is 0 Å². The molecule has 6 nitrogen and oxygen atoms in total. The van der Waals surface area contributed by atoms with Gasteiger partial charge in [-0.2, -0.15) is 0 Å². The fourth-order valence-electron chi connectivity index (χ4n) is 7.82. The molecule has 0 saturated heterocycles. The zero-order valence-corrected chi connectivity index (χ0v) is 44.6. The third kappa shape index (κ3) is 53.5. The lowest BCUT2D eigenvalue weighted by molar-refractivity contribution is -0.167. The van der Waals surface area contributed by atoms with Gasteiger partial charge in [-0.1, -0.05) is 228 Å². The lowest BCUT2D eigenvalue weighted by Gasteiger charge is -2.18. The minimum atomic E-state index is -0.790. The fraction of sp³-hybridized carbons (Fsp3) is 0.726. The Kier molecular flexibility index (Phi) is 53.4. The van der Waals surface area contributed by atoms with Crippen molar-refractivity contribution < 1.29 is 28.6 Å². The molecule has 68 heavy (non-hydrogen) atoms. The summed E-state index contributed by atoms with van der Waals surface area (Å²) in [5, 5.41) is 0. The van der Waals surface area contributed by atoms with Gasteiger partial charge >= 0.3 is 17.9 Å². The van der Waals surface area contributed by atoms with Crippen molar-refractivity contribution in [2.75, 3.05) is 13.2 Å². The topological polar surface area (TPSA) is 78.9 Å². The van der Waals surface area contributed by atoms with Crippen LogP contribution in [0.25, 0.3) is 0 Å². The molecular weight excluding hydrogens is 841 g/mol. The number of carbonyl (C=O) groups is 3. The van der Waals surface area contributed by atoms with Crippen molar-refractivity contribution in [1.29, 1.82) is 0 Å². The zero-order valence-electron chi connectivity index (χ0n) is 44.6. The van der Waals surface area contributed by atoms with Crippen LogP contribution in [-0.2, 0) is 28.6 Å². The van der Waals surface area contributed by atoms with Crippen molar-refractivity contribution >= 4 is 17.9 Å². The molecule has 0 N–H and O–H groups in total. The molecule has 0 aliphatic heterocycles. The van der Waals surface area contributed by atoms with Crippen LogP contribution in [0.1, 0.15) is 271 Å². The van der Waals surface area contributed by atoms with Gasteiger partial charge in [0.2, 0.25) is 0 Å². The summed E-state index contributed by atoms with van der Waals surface area (Å²) in [4.78, 5) is 38.1. The van der Waals surface area contributed by atoms with Crippen LogP contribution in [-0.4, -0.2) is 37.2 Å². The maximum atomic E-state index is 12.8. The average molecular weight is 948 g/mol. The number of hydrogen-bond acceptors (Lipinski definition) is 6. The molecule has 0 bridgehead atoms. The van der Waals surface area contributed by atoms with Crippen molar-refractivity contribution in [2.45, 2.75) is 277 Å². The smallest absolute Gasteiger partial charge is 0.306 e. The third-order valence-electron chi connectivity index (χ3n) is 12.1. The predicted molar refractivity (Wildman–Crippen MR) is 293 cm³/mol. The summed E-state index contributed by atoms with van der Waals surface area (Å²) in [6.45, 7) is 6.45. The van der Waals surface area contributed by atoms with Crippen molar-refractivity contribution in [3.8, 4) is 0 Å². The predicted octanol–water partition coefficient (Wildman–Crippen LogP) is 19.2. The Morgan fingerprint density at radius 2 is 0.603 bits per heavy atom. The van der Waals surface area contributed by atoms with Crippen molar-refractivity contribution in [3.05, 3.63) is 85.1 Å². The van der Waals surface area contributed by atoms with E-state index in [4.69, 9.17) is 14.2 Å². The Bertz CT molecular complexity index is 1320. The van der Waals surface area contributed by atoms with Gasteiger partial charge in [0.15, 0.2) is 6.10 Å². The molecule has 0 aliphatic rings. The summed E-state index contributed by atoms with van der Waals surface area (Å²) in [7, 11) is 0. The molecule has 0 rings (SSSR count). The number of hydrogen-bond donors (Lipinski definition) is 0. The van der Waals surface area contributed by atoms with Crippen molar-refractivity contribution in [1.82, 2.24) is 0 Å². The summed E-state index contributed by atoms with van der Waals surface area (Å²) < 4.78 is 16.8. The number of unbranched alkanes of at least 4 members (excludes halogenated alkanes) is 26. The molecule has 0 aliphatic carbocycles. The van der Waals surface area contributed by atoms with Crippen LogP contribution in [0.3, 0.4) is 0 Å². The molecule has 0 aromatic carbocycles. The molecule has 390 valence electrons. The normalized spacial score (nSPS) is 12.7. The first-order valence-corrected chi connectivity index (χ1v) is 28.6. The monoisotopic (exact) mass is 947 g/mol. The number of esters is 3. The molecule has 0 fully saturated rings. The molecule has 0 aromatic heterocycles. The van der Waals surface area contributed by atoms with E-state index in [0.717, 1.165) is 135 Å². The van der Waals surface area contributed by atoms with E-state index < -0.39 is 6.10 Å². The Morgan fingerprint density at radius 3 is 0.971 bits per heavy atom. The third-order valence-corrected chi connectivity index (χ3v) is 12.1. The molecule has 0 saturated carbocycles. The van der Waals surface area contributed by atoms with Crippen LogP contribution in [0.5, 0.6) is 0 Å². The Labute approximate surface area is 420 Å². The molecule has 0 amide bonds. The van der Waals surface area contributed by atoms with E-state index in [1.807, 2.05) is 0 Å². The number of ether oxygens (including phenoxy) is 3. The SMILES string of the molecule is CC/C=C\C/C=C\C/C=C\C/C=C\CCCCCCCCCCC(=O)OCC(COC(=O)CCCCCCC/C=C\C/C=C\CCC)OC(=O)CCCCCCC/C=C\CCCCCCCCC. The lowest BCUT2D eigenvalue weighted by Crippen LogP contribution is -2.30. The second kappa shape index (κ2) is 56.2. The molecule has 0 radical (unpaired) electrons. The highest BCUT2D eigenvalue weighted by molar-refractivity contribution is 5.71. The lowest BCUT2D eigenvalue weighted by atomic mass is 10.1. The van der Waals surface area contributed by atoms with Gasteiger partial charge in [0.25, 0.3) is 0 Å². The van der Waals surface area contributed by atoms with Crippen LogP contribution in [0.15, 0.2) is 85.1 Å². The minimum Gasteiger partial charge on any atom is -0.462 e. The van der Waals surface area contributed by atoms with Crippen LogP contribution in [0, 0.1) is 0 Å². The molecule has 1 atom stereocenters. The van der Waals surface area contributed by atoms with E-state index in [-0.39, 0.29) is 31.1 Å². The largest absolute Gasteiger partial charge is 0.462 e. The molecule has 0 aromatic rings. The first-order valence-electron chi connectivity index (χ1n) is 28.6. The van der Waals surface area contributed by atoms with E-state index in [1.54, 1.807) is 0 Å². The van der Waals surface area contributed by atoms with Gasteiger partial charge in [-0.3, -0.25) is 14.4 Å². The maximum Gasteiger partial charge on any atom is 0.306 e. The van der Waals surface area contributed by atoms with E-state index in [1.165, 1.54) is 96.3 Å². The minimum absolute atomic E-state index is 0.0886. The maximum absolute atomic E-state index is 12.8. The summed E-state index contributed by atoms with van der Waals surface area (Å²) in [5.41, 5.74) is 0. The van der Waals surface area contributed by atoms with Crippen LogP contribution >= 0.6 is 0 Å². The van der Waals surface area contributed by atoms with Crippen molar-refractivity contribution in [2.24, 2.45) is 0 Å². The standard InChI is InChI=1S/C62H106O6/c1-4-7-10-13-16-19-22-25-27-29-30-31-32-33-35-37-40-43-46-49-52-55-61(64)67-58-59(57-66-60(63)54-51-48-45-42-39-36-24-21-18-15-12-9-6-3)68-62(65)56-53-50-47-44-41-38-34-28-26-23-20-17-14-11-8-5-2/h7,10,12,15-16,19,21,24-25,27-28,30-31,34,59H,4-6,8-9,11,13-14,17-18,20,22-23,26,29,32-33,35-58H2,1-3H3/b10-7-,15-12-,19-16-,24-21-,27-25-,31-30-,34-28-. The Hall–Kier alpha value is -3.41. The summed E-state index contributed by atoms with van der Waals surface area (Å²) in [6, 6.07) is 0. The first-order chi connectivity index (χ1) is 33.5. The second-order valence-electron chi connectivity index (χ2n) is 18.8. The molecule has 6 heteroatoms. The summed E-state index contributed by atoms with van der Waals surface area (Å²) in [6.07, 6.45) is 72.8. The second-order valence-corrected chi connectivity index (χ2v) is 18.8. The first kappa shape index (κ1) is 64.6. The molecule has 0 heterocycles. The van der Waals surface area contributed by atoms with E-state index in [2.05, 4.69) is 106 Å². The van der Waals surface area contributed by atoms with Crippen LogP contribution in [0.2, 0.25) is 0 Å². The number of carbonyl (C=O) groups excluding carboxylic acids is 3. The molecule has 0 spiro atoms. The fourth-order valence-corrected chi connectivity index (χ4v) is 7.82. The molecular formula is C62H106O6. The molecule has 1 unspecified atom stereocenters. The van der Waals surface area contributed by atoms with Gasteiger partial charge in [-0.05, 0) is 109 Å². The highest BCUT2D eigenvalue weighted by Crippen LogP contribution is 2.15. The van der Waals surface area contributed by atoms with Gasteiger partial charge in [0.1, 0.15) is 13.2 Å². The van der Waals surface area contributed by atoms with Gasteiger partial charge < -0.3 is 14.2 Å². The van der Waals surface area contributed by atoms with E-state index in [9.17, 15) is 14.4 Å². The Morgan fingerprint density at radius 1 is 0.309 bits per heavy atom.